The standard InChI is InChI=1S/C22H28ClN7O2S.C17H24BrN5O2.C17H20ClN7S.C11H22N2O2.C6H3BrClN3.C5H5ClN2S.CH4.K/c1-21(2,3)32-20(31)28-22(4)6-9-30(10-7-22)19-17-13(11-27-29-17)15(12-26-19)33-14-5-8-25-18(24)16(14)23;1-16(2,3)25-15(24)21-17(4)5-7-23(8-6-17)14-13-11(9-20-22-13)12(18)10-19-14;1-17(20)3-6-25(7-4-17)16-14-10(8-23-24-14)12(9-22-16)26-11-2-5-21-15(19)13(11)18;1-10(2,3)15-9(14)13-11(4)5-7-12-8-6-11;7-4-2-9-6(8)5-3(4)1-10-11-5;6-4-3(9)1-2-8-5(4)7;;/h5,8,11-12H,6-7,9-10H2,1-4H3,(H2,24,25)(H,27,29)(H,28,31);9-10H,5-8H2,1-4H3,(H,20,22)(H,21,24);2,5,8-9H,3-4,6-7,20H2,1H3,(H2,19,21)(H,23,24);12H,5-8H2,1-4H3,(H,13,14);1-2H,(H,10,11);1-2H,(H3,7,8,9);1H4;/q;;;;;;;+1/p-1. The van der Waals surface area contributed by atoms with Crippen molar-refractivity contribution in [3.63, 3.8) is 0 Å². The monoisotopic (exact) mass is 1950 g/mol. The van der Waals surface area contributed by atoms with Gasteiger partial charge in [0.2, 0.25) is 0 Å². The van der Waals surface area contributed by atoms with Crippen molar-refractivity contribution in [3.05, 3.63) is 116 Å². The number of halogens is 6. The van der Waals surface area contributed by atoms with Gasteiger partial charge in [0.05, 0.1) is 39.9 Å². The second-order valence-electron chi connectivity index (χ2n) is 33.0. The van der Waals surface area contributed by atoms with Gasteiger partial charge in [-0.1, -0.05) is 83.4 Å². The fourth-order valence-electron chi connectivity index (χ4n) is 12.8. The number of piperidine rings is 4. The molecule has 0 atom stereocenters. The number of carbonyl (C=O) groups excluding carboxylic acids is 3. The van der Waals surface area contributed by atoms with Gasteiger partial charge < -0.3 is 85.7 Å². The number of hydrogen-bond donors (Lipinski definition) is 12. The predicted octanol–water partition coefficient (Wildman–Crippen LogP) is 14.2. The molecule has 15 heterocycles. The summed E-state index contributed by atoms with van der Waals surface area (Å²) in [7, 11) is 0. The summed E-state index contributed by atoms with van der Waals surface area (Å²) in [6, 6.07) is 5.30. The number of hydrogen-bond acceptors (Lipinski definition) is 28. The number of aromatic amines is 4. The third kappa shape index (κ3) is 28.1. The number of H-pyrrole nitrogens is 4. The van der Waals surface area contributed by atoms with Crippen LogP contribution in [0.2, 0.25) is 20.2 Å². The molecule has 0 radical (unpaired) electrons. The molecular weight excluding hydrogens is 1850 g/mol. The Hall–Kier alpha value is -6.86. The van der Waals surface area contributed by atoms with Crippen LogP contribution in [0.25, 0.3) is 43.6 Å². The smallest absolute Gasteiger partial charge is 0.778 e. The van der Waals surface area contributed by atoms with E-state index in [1.165, 1.54) is 29.7 Å². The first-order valence-electron chi connectivity index (χ1n) is 38.2. The van der Waals surface area contributed by atoms with Gasteiger partial charge in [0.25, 0.3) is 0 Å². The van der Waals surface area contributed by atoms with Crippen molar-refractivity contribution in [1.82, 2.24) is 96.9 Å². The van der Waals surface area contributed by atoms with Gasteiger partial charge in [0.15, 0.2) is 22.6 Å². The minimum Gasteiger partial charge on any atom is -0.778 e. The molecule has 3 amide bonds. The van der Waals surface area contributed by atoms with Gasteiger partial charge in [-0.15, -0.1) is 0 Å². The molecule has 4 saturated heterocycles. The summed E-state index contributed by atoms with van der Waals surface area (Å²) in [6.07, 6.45) is 25.0. The Kier molecular flexibility index (Phi) is 35.3. The molecule has 648 valence electrons. The number of anilines is 6. The molecule has 4 aliphatic rings. The van der Waals surface area contributed by atoms with E-state index in [0.717, 1.165) is 193 Å². The molecule has 0 spiro atoms. The van der Waals surface area contributed by atoms with Crippen molar-refractivity contribution in [3.8, 4) is 0 Å². The molecule has 0 bridgehead atoms. The number of nitrogens with two attached hydrogens (primary N) is 4. The van der Waals surface area contributed by atoms with E-state index in [9.17, 15) is 14.4 Å². The summed E-state index contributed by atoms with van der Waals surface area (Å²) >= 11 is 38.5. The van der Waals surface area contributed by atoms with Crippen LogP contribution in [0.15, 0.2) is 120 Å². The number of fused-ring (bicyclic) bond motifs is 4. The van der Waals surface area contributed by atoms with Crippen molar-refractivity contribution >= 4 is 211 Å². The van der Waals surface area contributed by atoms with Crippen LogP contribution in [0.5, 0.6) is 0 Å². The summed E-state index contributed by atoms with van der Waals surface area (Å²) in [4.78, 5) is 76.4. The second-order valence-corrected chi connectivity index (χ2v) is 38.8. The van der Waals surface area contributed by atoms with Crippen molar-refractivity contribution < 1.29 is 80.0 Å². The summed E-state index contributed by atoms with van der Waals surface area (Å²) in [5.74, 6) is 3.57. The minimum atomic E-state index is -0.525. The Morgan fingerprint density at radius 1 is 0.455 bits per heavy atom. The molecule has 4 aliphatic heterocycles. The average Bonchev–Trinajstić information content (AvgIpc) is 1.71. The van der Waals surface area contributed by atoms with Gasteiger partial charge in [-0.05, 0) is 198 Å². The van der Waals surface area contributed by atoms with Crippen LogP contribution in [0, 0.1) is 0 Å². The SMILES string of the molecule is C.CC1(N)CCN(c2ncc(Sc3ccnc(N)c3Cl)c3cn[nH]c23)CC1.CC1(NC(=O)OC(C)(C)C)CCN(c2ncc(Br)c3cn[nH]c23)CC1.CC1(NC(=O)OC(C)(C)C)CCN(c2ncc(Sc3ccnc(N)c3Cl)c3cn[nH]c23)CC1.CC1(NC(=O)OC(C)(C)C)CCNCC1.Clc1ncc(Br)c2cn[nH]c12.Nc1nccc([S-])c1Cl.[K+]. The molecule has 0 saturated carbocycles. The van der Waals surface area contributed by atoms with E-state index in [2.05, 4.69) is 161 Å². The summed E-state index contributed by atoms with van der Waals surface area (Å²) in [6.45, 7) is 31.8. The molecule has 0 unspecified atom stereocenters. The van der Waals surface area contributed by atoms with E-state index in [1.807, 2.05) is 93.0 Å². The Balaban J connectivity index is 0.000000189. The molecule has 0 aromatic carbocycles. The predicted molar refractivity (Wildman–Crippen MR) is 490 cm³/mol. The van der Waals surface area contributed by atoms with E-state index in [0.29, 0.717) is 42.6 Å². The zero-order valence-electron chi connectivity index (χ0n) is 69.4. The third-order valence-corrected chi connectivity index (χ3v) is 25.0. The molecule has 11 aromatic heterocycles. The first-order valence-corrected chi connectivity index (χ1v) is 43.4. The molecule has 0 aliphatic carbocycles. The number of nitrogens with zero attached hydrogens (tertiary/aromatic N) is 14. The van der Waals surface area contributed by atoms with E-state index < -0.39 is 16.8 Å². The van der Waals surface area contributed by atoms with Gasteiger partial charge in [-0.25, -0.2) is 49.3 Å². The second kappa shape index (κ2) is 42.9. The number of amides is 3. The van der Waals surface area contributed by atoms with E-state index in [-0.39, 0.29) is 99.2 Å². The fraction of sp³-hybridized carbons (Fsp3) is 0.468. The van der Waals surface area contributed by atoms with Crippen LogP contribution in [0.4, 0.5) is 49.3 Å². The molecule has 16 N–H and O–H groups in total. The largest absolute Gasteiger partial charge is 1.00 e. The maximum Gasteiger partial charge on any atom is 1.00 e. The van der Waals surface area contributed by atoms with E-state index in [1.54, 1.807) is 49.4 Å². The Bertz CT molecular complexity index is 5270. The van der Waals surface area contributed by atoms with Crippen molar-refractivity contribution in [2.75, 3.05) is 84.3 Å². The topological polar surface area (TPSA) is 446 Å². The molecule has 11 aromatic rings. The first-order chi connectivity index (χ1) is 56.0. The Labute approximate surface area is 797 Å². The van der Waals surface area contributed by atoms with Crippen LogP contribution in [-0.2, 0) is 26.8 Å². The molecule has 121 heavy (non-hydrogen) atoms. The number of rotatable bonds is 10. The van der Waals surface area contributed by atoms with E-state index in [4.69, 9.17) is 106 Å². The van der Waals surface area contributed by atoms with Crippen LogP contribution in [-0.4, -0.2) is 185 Å². The van der Waals surface area contributed by atoms with Gasteiger partial charge in [-0.3, -0.25) is 20.4 Å². The number of pyridine rings is 7. The molecule has 42 heteroatoms. The zero-order chi connectivity index (χ0) is 86.6. The summed E-state index contributed by atoms with van der Waals surface area (Å²) in [5, 5.41) is 46.3. The normalized spacial score (nSPS) is 15.9. The molecular formula is C79H105Br2Cl4KN26O6S3. The van der Waals surface area contributed by atoms with Crippen molar-refractivity contribution in [2.24, 2.45) is 5.73 Å². The Morgan fingerprint density at radius 2 is 0.769 bits per heavy atom. The summed E-state index contributed by atoms with van der Waals surface area (Å²) in [5.41, 5.74) is 24.4. The average molecular weight is 1950 g/mol. The van der Waals surface area contributed by atoms with Crippen LogP contribution in [0.3, 0.4) is 0 Å². The quantitative estimate of drug-likeness (QED) is 0.0262. The maximum absolute atomic E-state index is 12.3. The summed E-state index contributed by atoms with van der Waals surface area (Å²) < 4.78 is 17.9. The van der Waals surface area contributed by atoms with Crippen molar-refractivity contribution in [2.45, 2.75) is 212 Å². The number of carbonyl (C=O) groups is 3. The van der Waals surface area contributed by atoms with Crippen LogP contribution < -0.4 is 110 Å². The molecule has 4 fully saturated rings. The molecule has 15 rings (SSSR count). The minimum absolute atomic E-state index is 0. The number of nitrogen functional groups attached to an aromatic ring is 3. The van der Waals surface area contributed by atoms with Gasteiger partial charge >= 0.3 is 69.7 Å². The van der Waals surface area contributed by atoms with Crippen molar-refractivity contribution in [1.29, 1.82) is 0 Å². The first kappa shape index (κ1) is 99.6. The zero-order valence-corrected chi connectivity index (χ0v) is 81.2. The number of aromatic nitrogens is 15. The number of alkyl carbamates (subject to hydrolysis) is 3. The Morgan fingerprint density at radius 3 is 1.13 bits per heavy atom. The van der Waals surface area contributed by atoms with Gasteiger partial charge in [-0.2, -0.15) is 25.3 Å². The van der Waals surface area contributed by atoms with Crippen LogP contribution in [0.1, 0.15) is 149 Å². The molecule has 32 nitrogen and oxygen atoms in total. The van der Waals surface area contributed by atoms with E-state index >= 15 is 0 Å². The van der Waals surface area contributed by atoms with Gasteiger partial charge in [0.1, 0.15) is 56.3 Å². The maximum atomic E-state index is 12.3. The fourth-order valence-corrected chi connectivity index (χ4v) is 16.4. The van der Waals surface area contributed by atoms with Crippen LogP contribution >= 0.6 is 102 Å². The number of ether oxygens (including phenoxy) is 3. The van der Waals surface area contributed by atoms with Gasteiger partial charge in [0, 0.05) is 155 Å². The third-order valence-electron chi connectivity index (χ3n) is 19.4. The number of nitrogens with one attached hydrogen (secondary N) is 8.